The van der Waals surface area contributed by atoms with Gasteiger partial charge in [-0.25, -0.2) is 0 Å². The Hall–Kier alpha value is -0.480. The normalized spacial score (nSPS) is 11.3. The minimum Gasteiger partial charge on any atom is -0.462 e. The van der Waals surface area contributed by atoms with Crippen LogP contribution < -0.4 is 0 Å². The molecule has 0 aromatic rings. The highest BCUT2D eigenvalue weighted by atomic mass is 35.5. The van der Waals surface area contributed by atoms with Crippen LogP contribution in [0.25, 0.3) is 0 Å². The maximum absolute atomic E-state index is 12.0. The molecule has 4 nitrogen and oxygen atoms in total. The molecule has 0 fully saturated rings. The van der Waals surface area contributed by atoms with Crippen molar-refractivity contribution in [2.75, 3.05) is 6.61 Å². The third-order valence-electron chi connectivity index (χ3n) is 6.78. The molecule has 1 atom stereocenters. The molecule has 0 bridgehead atoms. The van der Waals surface area contributed by atoms with Crippen LogP contribution in [0.2, 0.25) is 0 Å². The Labute approximate surface area is 243 Å². The Morgan fingerprint density at radius 1 is 0.486 bits per heavy atom. The van der Waals surface area contributed by atoms with Crippen molar-refractivity contribution in [1.29, 1.82) is 0 Å². The smallest absolute Gasteiger partial charge is 0.306 e. The average Bonchev–Trinajstić information content (AvgIpc) is 2.84. The van der Waals surface area contributed by atoms with Crippen LogP contribution in [0.15, 0.2) is 0 Å². The Kier molecular flexibility index (Phi) is 37.2. The van der Waals surface area contributed by atoms with Gasteiger partial charge in [0.25, 0.3) is 0 Å². The van der Waals surface area contributed by atoms with Gasteiger partial charge in [0.05, 0.1) is 0 Å². The minimum atomic E-state index is -0.364. The summed E-state index contributed by atoms with van der Waals surface area (Å²) in [5.74, 6) is -0.343. The molecule has 0 N–H and O–H groups in total. The molecule has 1 unspecified atom stereocenters. The van der Waals surface area contributed by atoms with Crippen molar-refractivity contribution >= 4 is 36.8 Å². The molecule has 0 spiro atoms. The zero-order valence-electron chi connectivity index (χ0n) is 24.7. The quantitative estimate of drug-likeness (QED) is 0.0729. The number of unbranched alkanes of at least 4 members (excludes halogenated alkanes) is 20. The van der Waals surface area contributed by atoms with E-state index in [-0.39, 0.29) is 49.5 Å². The van der Waals surface area contributed by atoms with Crippen molar-refractivity contribution in [3.8, 4) is 0 Å². The molecule has 0 rings (SSSR count). The molecule has 0 aliphatic rings. The number of hydrogen-bond donors (Lipinski definition) is 0. The highest BCUT2D eigenvalue weighted by Crippen LogP contribution is 2.14. The lowest BCUT2D eigenvalue weighted by molar-refractivity contribution is -0.158. The molecular weight excluding hydrogens is 507 g/mol. The number of halogens is 2. The molecule has 0 saturated heterocycles. The van der Waals surface area contributed by atoms with Crippen LogP contribution >= 0.6 is 24.8 Å². The van der Waals surface area contributed by atoms with E-state index < -0.39 is 0 Å². The van der Waals surface area contributed by atoms with E-state index in [9.17, 15) is 9.59 Å². The number of hydrogen-bond acceptors (Lipinski definition) is 4. The van der Waals surface area contributed by atoms with Crippen LogP contribution in [-0.2, 0) is 19.1 Å². The maximum Gasteiger partial charge on any atom is 0.306 e. The van der Waals surface area contributed by atoms with Gasteiger partial charge < -0.3 is 9.47 Å². The fraction of sp³-hybridized carbons (Fsp3) is 0.935. The lowest BCUT2D eigenvalue weighted by Gasteiger charge is -2.13. The summed E-state index contributed by atoms with van der Waals surface area (Å²) in [7, 11) is 0. The van der Waals surface area contributed by atoms with Gasteiger partial charge in [0.2, 0.25) is 0 Å². The third-order valence-corrected chi connectivity index (χ3v) is 6.78. The zero-order valence-corrected chi connectivity index (χ0v) is 26.3. The summed E-state index contributed by atoms with van der Waals surface area (Å²) in [6, 6.07) is 0. The Morgan fingerprint density at radius 3 is 1.14 bits per heavy atom. The summed E-state index contributed by atoms with van der Waals surface area (Å²) in [4.78, 5) is 23.9. The Morgan fingerprint density at radius 2 is 0.784 bits per heavy atom. The molecule has 0 aliphatic heterocycles. The first-order valence-electron chi connectivity index (χ1n) is 15.4. The average molecular weight is 570 g/mol. The van der Waals surface area contributed by atoms with Gasteiger partial charge in [-0.3, -0.25) is 9.59 Å². The highest BCUT2D eigenvalue weighted by molar-refractivity contribution is 5.85. The molecule has 0 aliphatic carbocycles. The van der Waals surface area contributed by atoms with Crippen molar-refractivity contribution in [2.45, 2.75) is 181 Å². The van der Waals surface area contributed by atoms with Crippen LogP contribution in [-0.4, -0.2) is 24.6 Å². The fourth-order valence-electron chi connectivity index (χ4n) is 4.47. The van der Waals surface area contributed by atoms with Crippen LogP contribution in [0.4, 0.5) is 0 Å². The van der Waals surface area contributed by atoms with Crippen LogP contribution in [0.3, 0.4) is 0 Å². The first-order chi connectivity index (χ1) is 17.1. The molecule has 0 amide bonds. The molecule has 0 aromatic carbocycles. The SMILES string of the molecule is CCCCCCCCCCCCCC(=O)OCC(C)OC(=O)CCCCCCCCCCCCC.Cl.Cl. The van der Waals surface area contributed by atoms with Crippen LogP contribution in [0.5, 0.6) is 0 Å². The van der Waals surface area contributed by atoms with Crippen LogP contribution in [0, 0.1) is 0 Å². The predicted molar refractivity (Wildman–Crippen MR) is 163 cm³/mol. The van der Waals surface area contributed by atoms with E-state index in [1.54, 1.807) is 6.92 Å². The minimum absolute atomic E-state index is 0. The molecule has 0 saturated carbocycles. The van der Waals surface area contributed by atoms with E-state index in [1.165, 1.54) is 116 Å². The van der Waals surface area contributed by atoms with Gasteiger partial charge in [0.15, 0.2) is 0 Å². The standard InChI is InChI=1S/C31H60O4.2ClH/c1-4-6-8-10-12-14-16-18-20-22-24-26-30(32)34-28-29(3)35-31(33)27-25-23-21-19-17-15-13-11-9-7-5-2;;/h29H,4-28H2,1-3H3;2*1H. The number of ether oxygens (including phenoxy) is 2. The number of carbonyl (C=O) groups excluding carboxylic acids is 2. The number of carbonyl (C=O) groups is 2. The van der Waals surface area contributed by atoms with E-state index in [2.05, 4.69) is 13.8 Å². The van der Waals surface area contributed by atoms with Gasteiger partial charge >= 0.3 is 11.9 Å². The van der Waals surface area contributed by atoms with Gasteiger partial charge in [-0.1, -0.05) is 142 Å². The molecular formula is C31H62Cl2O4. The summed E-state index contributed by atoms with van der Waals surface area (Å²) >= 11 is 0. The van der Waals surface area contributed by atoms with E-state index >= 15 is 0 Å². The van der Waals surface area contributed by atoms with Gasteiger partial charge in [0, 0.05) is 12.8 Å². The monoisotopic (exact) mass is 568 g/mol. The van der Waals surface area contributed by atoms with Crippen molar-refractivity contribution in [3.05, 3.63) is 0 Å². The van der Waals surface area contributed by atoms with E-state index in [4.69, 9.17) is 9.47 Å². The first-order valence-corrected chi connectivity index (χ1v) is 15.4. The summed E-state index contributed by atoms with van der Waals surface area (Å²) in [6.45, 7) is 6.48. The third kappa shape index (κ3) is 33.5. The Balaban J connectivity index is -0.00000578. The van der Waals surface area contributed by atoms with Gasteiger partial charge in [-0.15, -0.1) is 24.8 Å². The lowest BCUT2D eigenvalue weighted by Crippen LogP contribution is -2.22. The molecule has 0 radical (unpaired) electrons. The molecule has 6 heteroatoms. The van der Waals surface area contributed by atoms with Crippen molar-refractivity contribution in [1.82, 2.24) is 0 Å². The number of rotatable bonds is 27. The van der Waals surface area contributed by atoms with E-state index in [0.29, 0.717) is 12.8 Å². The van der Waals surface area contributed by atoms with Crippen molar-refractivity contribution in [3.63, 3.8) is 0 Å². The first kappa shape index (κ1) is 41.0. The zero-order chi connectivity index (χ0) is 25.8. The molecule has 224 valence electrons. The van der Waals surface area contributed by atoms with Crippen molar-refractivity contribution in [2.24, 2.45) is 0 Å². The summed E-state index contributed by atoms with van der Waals surface area (Å²) in [6.07, 6.45) is 28.5. The molecule has 37 heavy (non-hydrogen) atoms. The van der Waals surface area contributed by atoms with E-state index in [1.807, 2.05) is 0 Å². The number of esters is 2. The second-order valence-corrected chi connectivity index (χ2v) is 10.6. The van der Waals surface area contributed by atoms with Gasteiger partial charge in [0.1, 0.15) is 12.7 Å². The van der Waals surface area contributed by atoms with E-state index in [0.717, 1.165) is 25.7 Å². The predicted octanol–water partition coefficient (Wildman–Crippen LogP) is 10.7. The largest absolute Gasteiger partial charge is 0.462 e. The summed E-state index contributed by atoms with van der Waals surface area (Å²) in [5.41, 5.74) is 0. The lowest BCUT2D eigenvalue weighted by atomic mass is 10.1. The van der Waals surface area contributed by atoms with Gasteiger partial charge in [-0.2, -0.15) is 0 Å². The topological polar surface area (TPSA) is 52.6 Å². The highest BCUT2D eigenvalue weighted by Gasteiger charge is 2.12. The molecule has 0 heterocycles. The van der Waals surface area contributed by atoms with Gasteiger partial charge in [-0.05, 0) is 19.8 Å². The summed E-state index contributed by atoms with van der Waals surface area (Å²) < 4.78 is 10.7. The second kappa shape index (κ2) is 33.5. The fourth-order valence-corrected chi connectivity index (χ4v) is 4.47. The van der Waals surface area contributed by atoms with Crippen molar-refractivity contribution < 1.29 is 19.1 Å². The maximum atomic E-state index is 12.0. The van der Waals surface area contributed by atoms with Crippen LogP contribution in [0.1, 0.15) is 175 Å². The second-order valence-electron chi connectivity index (χ2n) is 10.6. The summed E-state index contributed by atoms with van der Waals surface area (Å²) in [5, 5.41) is 0. The molecule has 0 aromatic heterocycles. The Bertz CT molecular complexity index is 474.